The van der Waals surface area contributed by atoms with Gasteiger partial charge in [-0.1, -0.05) is 35.5 Å². The molecule has 1 aromatic carbocycles. The summed E-state index contributed by atoms with van der Waals surface area (Å²) < 4.78 is 10.5. The van der Waals surface area contributed by atoms with Crippen molar-refractivity contribution in [3.05, 3.63) is 47.6 Å². The maximum absolute atomic E-state index is 12.3. The van der Waals surface area contributed by atoms with E-state index in [9.17, 15) is 4.79 Å². The highest BCUT2D eigenvalue weighted by atomic mass is 16.5. The number of benzene rings is 1. The lowest BCUT2D eigenvalue weighted by Crippen LogP contribution is -2.34. The van der Waals surface area contributed by atoms with Gasteiger partial charge in [-0.3, -0.25) is 4.79 Å². The molecule has 116 valence electrons. The topological polar surface area (TPSA) is 68.5 Å². The summed E-state index contributed by atoms with van der Waals surface area (Å²) in [5.41, 5.74) is 1.06. The molecule has 0 saturated carbocycles. The standard InChI is InChI=1S/C16H19N3O3/c1-12-17-16(18-22-12)14-8-5-9-19(14)15(20)11-21-10-13-6-3-2-4-7-13/h2-4,6-7,14H,5,8-11H2,1H3/t14-/m0/s1. The zero-order valence-electron chi connectivity index (χ0n) is 12.6. The minimum atomic E-state index is -0.0923. The van der Waals surface area contributed by atoms with Crippen LogP contribution in [0, 0.1) is 6.92 Å². The Bertz CT molecular complexity index is 627. The van der Waals surface area contributed by atoms with E-state index in [0.717, 1.165) is 18.4 Å². The van der Waals surface area contributed by atoms with E-state index >= 15 is 0 Å². The van der Waals surface area contributed by atoms with Crippen molar-refractivity contribution >= 4 is 5.91 Å². The van der Waals surface area contributed by atoms with Gasteiger partial charge in [0.2, 0.25) is 11.8 Å². The van der Waals surface area contributed by atoms with Crippen molar-refractivity contribution in [1.29, 1.82) is 0 Å². The monoisotopic (exact) mass is 301 g/mol. The van der Waals surface area contributed by atoms with Crippen LogP contribution in [-0.4, -0.2) is 34.1 Å². The molecule has 6 nitrogen and oxygen atoms in total. The van der Waals surface area contributed by atoms with Gasteiger partial charge in [-0.25, -0.2) is 0 Å². The Morgan fingerprint density at radius 3 is 2.95 bits per heavy atom. The number of carbonyl (C=O) groups is 1. The molecule has 1 aromatic heterocycles. The summed E-state index contributed by atoms with van der Waals surface area (Å²) in [6.45, 7) is 2.97. The quantitative estimate of drug-likeness (QED) is 0.847. The Morgan fingerprint density at radius 1 is 1.41 bits per heavy atom. The highest BCUT2D eigenvalue weighted by molar-refractivity contribution is 5.78. The summed E-state index contributed by atoms with van der Waals surface area (Å²) >= 11 is 0. The maximum atomic E-state index is 12.3. The van der Waals surface area contributed by atoms with Gasteiger partial charge in [-0.2, -0.15) is 4.98 Å². The van der Waals surface area contributed by atoms with Gasteiger partial charge in [0.15, 0.2) is 5.82 Å². The molecule has 0 bridgehead atoms. The van der Waals surface area contributed by atoms with Gasteiger partial charge in [0.1, 0.15) is 6.61 Å². The van der Waals surface area contributed by atoms with Crippen molar-refractivity contribution in [2.24, 2.45) is 0 Å². The van der Waals surface area contributed by atoms with E-state index in [0.29, 0.717) is 24.9 Å². The van der Waals surface area contributed by atoms with Gasteiger partial charge in [0.05, 0.1) is 12.6 Å². The second-order valence-electron chi connectivity index (χ2n) is 5.40. The van der Waals surface area contributed by atoms with E-state index in [1.165, 1.54) is 0 Å². The van der Waals surface area contributed by atoms with E-state index in [1.807, 2.05) is 30.3 Å². The van der Waals surface area contributed by atoms with Crippen LogP contribution in [0.15, 0.2) is 34.9 Å². The van der Waals surface area contributed by atoms with E-state index in [4.69, 9.17) is 9.26 Å². The lowest BCUT2D eigenvalue weighted by Gasteiger charge is -2.22. The average molecular weight is 301 g/mol. The van der Waals surface area contributed by atoms with Gasteiger partial charge in [0.25, 0.3) is 0 Å². The SMILES string of the molecule is Cc1nc([C@@H]2CCCN2C(=O)COCc2ccccc2)no1. The van der Waals surface area contributed by atoms with Crippen molar-refractivity contribution in [3.63, 3.8) is 0 Å². The van der Waals surface area contributed by atoms with Crippen LogP contribution in [0.4, 0.5) is 0 Å². The van der Waals surface area contributed by atoms with Gasteiger partial charge in [-0.05, 0) is 18.4 Å². The van der Waals surface area contributed by atoms with Crippen molar-refractivity contribution in [3.8, 4) is 0 Å². The average Bonchev–Trinajstić information content (AvgIpc) is 3.16. The normalized spacial score (nSPS) is 17.9. The summed E-state index contributed by atoms with van der Waals surface area (Å²) in [6.07, 6.45) is 1.81. The number of hydrogen-bond donors (Lipinski definition) is 0. The van der Waals surface area contributed by atoms with Crippen LogP contribution in [0.25, 0.3) is 0 Å². The summed E-state index contributed by atoms with van der Waals surface area (Å²) in [5, 5.41) is 3.94. The summed E-state index contributed by atoms with van der Waals surface area (Å²) in [4.78, 5) is 18.4. The molecule has 1 saturated heterocycles. The first-order chi connectivity index (χ1) is 10.7. The fraction of sp³-hybridized carbons (Fsp3) is 0.438. The van der Waals surface area contributed by atoms with Crippen LogP contribution in [0.1, 0.15) is 36.2 Å². The molecule has 1 atom stereocenters. The first-order valence-electron chi connectivity index (χ1n) is 7.45. The summed E-state index contributed by atoms with van der Waals surface area (Å²) in [6, 6.07) is 9.73. The number of likely N-dealkylation sites (tertiary alicyclic amines) is 1. The lowest BCUT2D eigenvalue weighted by atomic mass is 10.2. The van der Waals surface area contributed by atoms with Crippen LogP contribution in [0.3, 0.4) is 0 Å². The van der Waals surface area contributed by atoms with Crippen molar-refractivity contribution in [1.82, 2.24) is 15.0 Å². The maximum Gasteiger partial charge on any atom is 0.249 e. The number of hydrogen-bond acceptors (Lipinski definition) is 5. The minimum absolute atomic E-state index is 0.0270. The third-order valence-electron chi connectivity index (χ3n) is 3.75. The molecule has 1 fully saturated rings. The zero-order chi connectivity index (χ0) is 15.4. The second kappa shape index (κ2) is 6.70. The molecule has 0 radical (unpaired) electrons. The lowest BCUT2D eigenvalue weighted by molar-refractivity contribution is -0.137. The highest BCUT2D eigenvalue weighted by Gasteiger charge is 2.32. The zero-order valence-corrected chi connectivity index (χ0v) is 12.6. The van der Waals surface area contributed by atoms with E-state index < -0.39 is 0 Å². The van der Waals surface area contributed by atoms with E-state index in [1.54, 1.807) is 11.8 Å². The number of amides is 1. The first kappa shape index (κ1) is 14.7. The largest absolute Gasteiger partial charge is 0.367 e. The molecule has 1 aliphatic rings. The number of aromatic nitrogens is 2. The predicted molar refractivity (Wildman–Crippen MR) is 78.8 cm³/mol. The Kier molecular flexibility index (Phi) is 4.48. The summed E-state index contributed by atoms with van der Waals surface area (Å²) in [7, 11) is 0. The molecule has 1 aliphatic heterocycles. The number of aryl methyl sites for hydroxylation is 1. The van der Waals surface area contributed by atoms with Gasteiger partial charge in [0, 0.05) is 13.5 Å². The number of nitrogens with zero attached hydrogens (tertiary/aromatic N) is 3. The van der Waals surface area contributed by atoms with E-state index in [-0.39, 0.29) is 18.6 Å². The fourth-order valence-corrected chi connectivity index (χ4v) is 2.70. The van der Waals surface area contributed by atoms with E-state index in [2.05, 4.69) is 10.1 Å². The molecule has 0 spiro atoms. The minimum Gasteiger partial charge on any atom is -0.367 e. The molecule has 3 rings (SSSR count). The predicted octanol–water partition coefficient (Wildman–Crippen LogP) is 2.26. The molecule has 0 unspecified atom stereocenters. The third kappa shape index (κ3) is 3.33. The van der Waals surface area contributed by atoms with Crippen LogP contribution in [0.2, 0.25) is 0 Å². The van der Waals surface area contributed by atoms with Gasteiger partial charge < -0.3 is 14.2 Å². The van der Waals surface area contributed by atoms with Gasteiger partial charge >= 0.3 is 0 Å². The second-order valence-corrected chi connectivity index (χ2v) is 5.40. The Morgan fingerprint density at radius 2 is 2.23 bits per heavy atom. The van der Waals surface area contributed by atoms with Crippen molar-refractivity contribution in [2.75, 3.05) is 13.2 Å². The molecule has 0 N–H and O–H groups in total. The van der Waals surface area contributed by atoms with Gasteiger partial charge in [-0.15, -0.1) is 0 Å². The molecule has 2 heterocycles. The van der Waals surface area contributed by atoms with Crippen molar-refractivity contribution in [2.45, 2.75) is 32.4 Å². The van der Waals surface area contributed by atoms with Crippen LogP contribution >= 0.6 is 0 Å². The summed E-state index contributed by atoms with van der Waals surface area (Å²) in [5.74, 6) is 1.09. The first-order valence-corrected chi connectivity index (χ1v) is 7.45. The number of ether oxygens (including phenoxy) is 1. The molecule has 6 heteroatoms. The molecule has 22 heavy (non-hydrogen) atoms. The smallest absolute Gasteiger partial charge is 0.249 e. The fourth-order valence-electron chi connectivity index (χ4n) is 2.70. The third-order valence-corrected chi connectivity index (χ3v) is 3.75. The van der Waals surface area contributed by atoms with Crippen LogP contribution in [-0.2, 0) is 16.1 Å². The van der Waals surface area contributed by atoms with Crippen LogP contribution < -0.4 is 0 Å². The molecular weight excluding hydrogens is 282 g/mol. The number of rotatable bonds is 5. The van der Waals surface area contributed by atoms with Crippen molar-refractivity contribution < 1.29 is 14.1 Å². The molecule has 0 aliphatic carbocycles. The Labute approximate surface area is 129 Å². The number of carbonyl (C=O) groups excluding carboxylic acids is 1. The molecule has 1 amide bonds. The highest BCUT2D eigenvalue weighted by Crippen LogP contribution is 2.30. The molecule has 2 aromatic rings. The van der Waals surface area contributed by atoms with Crippen LogP contribution in [0.5, 0.6) is 0 Å². The molecular formula is C16H19N3O3. The Hall–Kier alpha value is -2.21. The Balaban J connectivity index is 1.55.